The fourth-order valence-electron chi connectivity index (χ4n) is 3.52. The van der Waals surface area contributed by atoms with Gasteiger partial charge in [-0.05, 0) is 25.7 Å². The van der Waals surface area contributed by atoms with Crippen molar-refractivity contribution in [3.05, 3.63) is 18.2 Å². The molecule has 0 aromatic carbocycles. The van der Waals surface area contributed by atoms with Gasteiger partial charge in [0.2, 0.25) is 0 Å². The monoisotopic (exact) mass is 408 g/mol. The second-order valence-corrected chi connectivity index (χ2v) is 7.77. The van der Waals surface area contributed by atoms with Crippen LogP contribution in [0.2, 0.25) is 0 Å². The van der Waals surface area contributed by atoms with Gasteiger partial charge in [0.1, 0.15) is 18.4 Å². The SMILES string of the molecule is CCCCCCCCCC(CCCCCC)[n+]1ccn(C)c1C.F[B-](F)(F)F. The number of halogens is 4. The molecule has 0 aliphatic carbocycles. The van der Waals surface area contributed by atoms with E-state index in [-0.39, 0.29) is 0 Å². The van der Waals surface area contributed by atoms with E-state index in [1.807, 2.05) is 0 Å². The third kappa shape index (κ3) is 15.0. The van der Waals surface area contributed by atoms with E-state index in [1.165, 1.54) is 89.3 Å². The van der Waals surface area contributed by atoms with Gasteiger partial charge in [-0.3, -0.25) is 0 Å². The van der Waals surface area contributed by atoms with Gasteiger partial charge < -0.3 is 17.3 Å². The second-order valence-electron chi connectivity index (χ2n) is 7.77. The van der Waals surface area contributed by atoms with Crippen LogP contribution >= 0.6 is 0 Å². The Morgan fingerprint density at radius 1 is 0.821 bits per heavy atom. The second kappa shape index (κ2) is 15.9. The first-order chi connectivity index (χ1) is 13.2. The Morgan fingerprint density at radius 2 is 1.21 bits per heavy atom. The van der Waals surface area contributed by atoms with E-state index in [4.69, 9.17) is 0 Å². The van der Waals surface area contributed by atoms with Crippen molar-refractivity contribution >= 4 is 7.25 Å². The maximum absolute atomic E-state index is 9.75. The van der Waals surface area contributed by atoms with Crippen molar-refractivity contribution in [1.82, 2.24) is 4.57 Å². The molecule has 2 nitrogen and oxygen atoms in total. The Morgan fingerprint density at radius 3 is 1.61 bits per heavy atom. The molecule has 0 radical (unpaired) electrons. The zero-order chi connectivity index (χ0) is 21.4. The Bertz CT molecular complexity index is 483. The fourth-order valence-corrected chi connectivity index (χ4v) is 3.52. The molecule has 166 valence electrons. The molecule has 0 spiro atoms. The number of hydrogen-bond acceptors (Lipinski definition) is 0. The van der Waals surface area contributed by atoms with Gasteiger partial charge in [0, 0.05) is 6.92 Å². The Labute approximate surface area is 169 Å². The van der Waals surface area contributed by atoms with Gasteiger partial charge in [-0.2, -0.15) is 0 Å². The number of nitrogens with zero attached hydrogens (tertiary/aromatic N) is 2. The summed E-state index contributed by atoms with van der Waals surface area (Å²) in [5.74, 6) is 1.40. The highest BCUT2D eigenvalue weighted by Crippen LogP contribution is 2.20. The van der Waals surface area contributed by atoms with E-state index in [0.29, 0.717) is 6.04 Å². The molecule has 1 atom stereocenters. The van der Waals surface area contributed by atoms with E-state index in [0.717, 1.165) is 0 Å². The molecular formula is C21H41BF4N2. The minimum absolute atomic E-state index is 0.712. The molecule has 1 aromatic heterocycles. The van der Waals surface area contributed by atoms with Gasteiger partial charge in [0.25, 0.3) is 5.82 Å². The fraction of sp³-hybridized carbons (Fsp3) is 0.857. The van der Waals surface area contributed by atoms with Crippen LogP contribution in [0, 0.1) is 6.92 Å². The van der Waals surface area contributed by atoms with Gasteiger partial charge in [-0.25, -0.2) is 9.13 Å². The van der Waals surface area contributed by atoms with E-state index in [1.54, 1.807) is 0 Å². The molecule has 0 saturated carbocycles. The lowest BCUT2D eigenvalue weighted by atomic mass is 10.00. The van der Waals surface area contributed by atoms with Gasteiger partial charge in [-0.15, -0.1) is 0 Å². The number of aryl methyl sites for hydroxylation is 1. The lowest BCUT2D eigenvalue weighted by Gasteiger charge is -2.15. The summed E-state index contributed by atoms with van der Waals surface area (Å²) in [4.78, 5) is 0. The number of imidazole rings is 1. The molecule has 0 saturated heterocycles. The maximum atomic E-state index is 9.75. The van der Waals surface area contributed by atoms with Gasteiger partial charge in [0.05, 0.1) is 7.05 Å². The van der Waals surface area contributed by atoms with Crippen LogP contribution in [0.15, 0.2) is 12.4 Å². The first kappa shape index (κ1) is 27.0. The minimum atomic E-state index is -6.00. The largest absolute Gasteiger partial charge is 0.673 e. The van der Waals surface area contributed by atoms with E-state index < -0.39 is 7.25 Å². The summed E-state index contributed by atoms with van der Waals surface area (Å²) in [6.07, 6.45) is 22.6. The summed E-state index contributed by atoms with van der Waals surface area (Å²) in [7, 11) is -3.84. The molecular weight excluding hydrogens is 367 g/mol. The molecule has 0 bridgehead atoms. The van der Waals surface area contributed by atoms with Gasteiger partial charge in [-0.1, -0.05) is 71.6 Å². The highest BCUT2D eigenvalue weighted by atomic mass is 19.5. The molecule has 28 heavy (non-hydrogen) atoms. The van der Waals surface area contributed by atoms with Crippen molar-refractivity contribution < 1.29 is 21.8 Å². The summed E-state index contributed by atoms with van der Waals surface area (Å²) in [5.41, 5.74) is 0. The molecule has 7 heteroatoms. The zero-order valence-corrected chi connectivity index (χ0v) is 18.4. The third-order valence-corrected chi connectivity index (χ3v) is 5.26. The van der Waals surface area contributed by atoms with E-state index >= 15 is 0 Å². The van der Waals surface area contributed by atoms with E-state index in [2.05, 4.69) is 49.3 Å². The topological polar surface area (TPSA) is 8.81 Å². The van der Waals surface area contributed by atoms with Crippen LogP contribution in [0.1, 0.15) is 109 Å². The Kier molecular flexibility index (Phi) is 15.3. The van der Waals surface area contributed by atoms with Gasteiger partial charge in [0.15, 0.2) is 0 Å². The molecule has 0 N–H and O–H groups in total. The number of aromatic nitrogens is 2. The molecule has 1 rings (SSSR count). The predicted octanol–water partition coefficient (Wildman–Crippen LogP) is 7.57. The summed E-state index contributed by atoms with van der Waals surface area (Å²) in [5, 5.41) is 0. The Balaban J connectivity index is 0.00000129. The molecule has 1 aromatic rings. The normalized spacial score (nSPS) is 12.6. The average molecular weight is 408 g/mol. The summed E-state index contributed by atoms with van der Waals surface area (Å²) < 4.78 is 43.8. The van der Waals surface area contributed by atoms with Crippen LogP contribution in [-0.4, -0.2) is 11.8 Å². The van der Waals surface area contributed by atoms with Crippen LogP contribution in [-0.2, 0) is 7.05 Å². The van der Waals surface area contributed by atoms with Crippen molar-refractivity contribution in [3.63, 3.8) is 0 Å². The third-order valence-electron chi connectivity index (χ3n) is 5.26. The van der Waals surface area contributed by atoms with Crippen LogP contribution < -0.4 is 4.57 Å². The smallest absolute Gasteiger partial charge is 0.418 e. The average Bonchev–Trinajstić information content (AvgIpc) is 2.94. The van der Waals surface area contributed by atoms with Crippen LogP contribution in [0.3, 0.4) is 0 Å². The maximum Gasteiger partial charge on any atom is 0.673 e. The summed E-state index contributed by atoms with van der Waals surface area (Å²) in [6, 6.07) is 0.712. The summed E-state index contributed by atoms with van der Waals surface area (Å²) >= 11 is 0. The van der Waals surface area contributed by atoms with Crippen molar-refractivity contribution in [2.24, 2.45) is 7.05 Å². The molecule has 1 unspecified atom stereocenters. The predicted molar refractivity (Wildman–Crippen MR) is 111 cm³/mol. The highest BCUT2D eigenvalue weighted by Gasteiger charge is 2.21. The minimum Gasteiger partial charge on any atom is -0.418 e. The van der Waals surface area contributed by atoms with E-state index in [9.17, 15) is 17.3 Å². The lowest BCUT2D eigenvalue weighted by molar-refractivity contribution is -0.729. The van der Waals surface area contributed by atoms with Crippen molar-refractivity contribution in [2.75, 3.05) is 0 Å². The zero-order valence-electron chi connectivity index (χ0n) is 18.4. The number of rotatable bonds is 14. The van der Waals surface area contributed by atoms with Crippen molar-refractivity contribution in [3.8, 4) is 0 Å². The molecule has 0 amide bonds. The quantitative estimate of drug-likeness (QED) is 0.130. The summed E-state index contributed by atoms with van der Waals surface area (Å²) in [6.45, 7) is 6.85. The number of unbranched alkanes of at least 4 members (excludes halogenated alkanes) is 9. The van der Waals surface area contributed by atoms with Crippen molar-refractivity contribution in [2.45, 2.75) is 110 Å². The first-order valence-corrected chi connectivity index (χ1v) is 11.1. The Hall–Kier alpha value is -1.01. The standard InChI is InChI=1S/C21H41N2.BF4/c1-5-7-9-11-12-13-15-17-21(16-14-10-8-6-2)23-19-18-22(4)20(23)3;2-1(3,4)5/h18-19,21H,5-17H2,1-4H3;/q+1;-1. The van der Waals surface area contributed by atoms with Crippen LogP contribution in [0.4, 0.5) is 17.3 Å². The number of hydrogen-bond donors (Lipinski definition) is 0. The highest BCUT2D eigenvalue weighted by molar-refractivity contribution is 6.50. The van der Waals surface area contributed by atoms with Gasteiger partial charge >= 0.3 is 7.25 Å². The molecule has 0 aliphatic rings. The molecule has 1 heterocycles. The molecule has 0 fully saturated rings. The van der Waals surface area contributed by atoms with Crippen LogP contribution in [0.5, 0.6) is 0 Å². The van der Waals surface area contributed by atoms with Crippen LogP contribution in [0.25, 0.3) is 0 Å². The molecule has 0 aliphatic heterocycles. The first-order valence-electron chi connectivity index (χ1n) is 11.1. The lowest BCUT2D eigenvalue weighted by Crippen LogP contribution is -2.41. The van der Waals surface area contributed by atoms with Crippen molar-refractivity contribution in [1.29, 1.82) is 0 Å².